The van der Waals surface area contributed by atoms with Crippen molar-refractivity contribution in [2.75, 3.05) is 55.7 Å². The van der Waals surface area contributed by atoms with Crippen molar-refractivity contribution in [3.63, 3.8) is 0 Å². The number of fused-ring (bicyclic) bond motifs is 7. The van der Waals surface area contributed by atoms with Crippen LogP contribution in [0.25, 0.3) is 10.1 Å². The lowest BCUT2D eigenvalue weighted by Crippen LogP contribution is -2.63. The smallest absolute Gasteiger partial charge is 0.282 e. The van der Waals surface area contributed by atoms with Crippen LogP contribution in [0.1, 0.15) is 43.4 Å². The highest BCUT2D eigenvalue weighted by molar-refractivity contribution is 7.17. The van der Waals surface area contributed by atoms with E-state index in [1.54, 1.807) is 11.3 Å². The van der Waals surface area contributed by atoms with Crippen LogP contribution in [0.2, 0.25) is 0 Å². The minimum absolute atomic E-state index is 0.0565. The van der Waals surface area contributed by atoms with Gasteiger partial charge >= 0.3 is 0 Å². The molecule has 2 atom stereocenters. The summed E-state index contributed by atoms with van der Waals surface area (Å²) in [4.78, 5) is 26.7. The molecular formula is C34H37FN6O3S. The van der Waals surface area contributed by atoms with E-state index in [2.05, 4.69) is 57.0 Å². The van der Waals surface area contributed by atoms with Gasteiger partial charge in [0.15, 0.2) is 5.83 Å². The molecule has 0 N–H and O–H groups in total. The lowest BCUT2D eigenvalue weighted by atomic mass is 9.95. The van der Waals surface area contributed by atoms with Gasteiger partial charge in [-0.05, 0) is 68.8 Å². The molecule has 234 valence electrons. The highest BCUT2D eigenvalue weighted by Gasteiger charge is 2.47. The number of carbonyl (C=O) groups excluding carboxylic acids is 1. The zero-order chi connectivity index (χ0) is 30.7. The second kappa shape index (κ2) is 11.2. The first-order chi connectivity index (χ1) is 22.0. The molecule has 0 radical (unpaired) electrons. The van der Waals surface area contributed by atoms with Gasteiger partial charge in [-0.25, -0.2) is 9.37 Å². The van der Waals surface area contributed by atoms with Gasteiger partial charge in [0.1, 0.15) is 13.2 Å². The van der Waals surface area contributed by atoms with Crippen LogP contribution in [-0.4, -0.2) is 84.3 Å². The van der Waals surface area contributed by atoms with Crippen molar-refractivity contribution in [2.45, 2.75) is 62.7 Å². The molecule has 3 aromatic rings. The monoisotopic (exact) mass is 628 g/mol. The van der Waals surface area contributed by atoms with E-state index in [1.807, 2.05) is 0 Å². The Morgan fingerprint density at radius 1 is 1.22 bits per heavy atom. The van der Waals surface area contributed by atoms with Crippen molar-refractivity contribution < 1.29 is 18.7 Å². The summed E-state index contributed by atoms with van der Waals surface area (Å²) in [6.07, 6.45) is 5.51. The third-order valence-corrected chi connectivity index (χ3v) is 11.5. The van der Waals surface area contributed by atoms with Gasteiger partial charge < -0.3 is 24.2 Å². The molecule has 3 saturated heterocycles. The van der Waals surface area contributed by atoms with Crippen LogP contribution in [0.5, 0.6) is 11.6 Å². The molecule has 0 spiro atoms. The van der Waals surface area contributed by atoms with Gasteiger partial charge in [0.2, 0.25) is 5.75 Å². The topological polar surface area (TPSA) is 85.2 Å². The standard InChI is InChI=1S/C34H37FN6O3S/c1-22(35)33(42)41-18-24-20-43-31-30(40(24)17-23(41)7-12-36)25-8-15-38(28-5-2-6-29-26(28)9-16-45-29)19-27(25)37-32(31)44-21-34-10-3-13-39(34)14-4-11-34/h2,5-6,9,16,23-24H,1,3-4,7-8,10-11,13-15,17-21H2/t23-,24?/m0/s1. The Morgan fingerprint density at radius 3 is 2.87 bits per heavy atom. The second-order valence-corrected chi connectivity index (χ2v) is 14.0. The van der Waals surface area contributed by atoms with Gasteiger partial charge in [0.05, 0.1) is 48.0 Å². The number of hydrogen-bond donors (Lipinski definition) is 0. The molecular weight excluding hydrogens is 591 g/mol. The SMILES string of the molecule is C=C(F)C(=O)N1CC2COc3c(OCC45CCCN4CCC5)nc4c(c3N2C[C@@H]1CC#N)CCN(c1cccc2sccc12)C4. The van der Waals surface area contributed by atoms with Crippen LogP contribution < -0.4 is 19.3 Å². The average Bonchev–Trinajstić information content (AvgIpc) is 3.79. The largest absolute Gasteiger partial charge is 0.484 e. The summed E-state index contributed by atoms with van der Waals surface area (Å²) in [5.41, 5.74) is 4.31. The van der Waals surface area contributed by atoms with Crippen LogP contribution >= 0.6 is 11.3 Å². The fourth-order valence-corrected chi connectivity index (χ4v) is 9.21. The predicted octanol–water partition coefficient (Wildman–Crippen LogP) is 5.04. The maximum Gasteiger partial charge on any atom is 0.282 e. The number of carbonyl (C=O) groups is 1. The lowest BCUT2D eigenvalue weighted by Gasteiger charge is -2.50. The van der Waals surface area contributed by atoms with Crippen molar-refractivity contribution in [3.8, 4) is 17.7 Å². The number of hydrogen-bond acceptors (Lipinski definition) is 9. The highest BCUT2D eigenvalue weighted by atomic mass is 32.1. The number of thiophene rings is 1. The Bertz CT molecular complexity index is 1710. The van der Waals surface area contributed by atoms with E-state index < -0.39 is 17.8 Å². The molecule has 0 bridgehead atoms. The van der Waals surface area contributed by atoms with E-state index >= 15 is 0 Å². The average molecular weight is 629 g/mol. The van der Waals surface area contributed by atoms with Crippen molar-refractivity contribution in [1.29, 1.82) is 5.26 Å². The summed E-state index contributed by atoms with van der Waals surface area (Å²) in [6, 6.07) is 10.2. The van der Waals surface area contributed by atoms with Crippen molar-refractivity contribution in [1.82, 2.24) is 14.8 Å². The van der Waals surface area contributed by atoms with Crippen LogP contribution in [0.4, 0.5) is 15.8 Å². The van der Waals surface area contributed by atoms with Gasteiger partial charge in [-0.2, -0.15) is 5.26 Å². The molecule has 8 rings (SSSR count). The van der Waals surface area contributed by atoms with Crippen molar-refractivity contribution in [2.24, 2.45) is 0 Å². The van der Waals surface area contributed by atoms with E-state index in [1.165, 1.54) is 33.5 Å². The molecule has 0 aliphatic carbocycles. The first-order valence-electron chi connectivity index (χ1n) is 16.0. The Balaban J connectivity index is 1.18. The number of aromatic nitrogens is 1. The normalized spacial score (nSPS) is 23.5. The zero-order valence-electron chi connectivity index (χ0n) is 25.3. The molecule has 45 heavy (non-hydrogen) atoms. The number of pyridine rings is 1. The summed E-state index contributed by atoms with van der Waals surface area (Å²) in [7, 11) is 0. The van der Waals surface area contributed by atoms with Crippen LogP contribution in [0.15, 0.2) is 42.1 Å². The number of rotatable bonds is 6. The van der Waals surface area contributed by atoms with Gasteiger partial charge in [0, 0.05) is 41.0 Å². The number of amides is 1. The number of halogens is 1. The summed E-state index contributed by atoms with van der Waals surface area (Å²) in [5, 5.41) is 13.0. The fraction of sp³-hybridized carbons (Fsp3) is 0.500. The maximum atomic E-state index is 14.0. The third-order valence-electron chi connectivity index (χ3n) is 10.6. The van der Waals surface area contributed by atoms with E-state index in [9.17, 15) is 14.4 Å². The lowest BCUT2D eigenvalue weighted by molar-refractivity contribution is -0.132. The molecule has 1 amide bonds. The van der Waals surface area contributed by atoms with Gasteiger partial charge in [-0.15, -0.1) is 11.3 Å². The number of ether oxygens (including phenoxy) is 2. The van der Waals surface area contributed by atoms with E-state index in [4.69, 9.17) is 14.5 Å². The Hall–Kier alpha value is -3.88. The molecule has 7 heterocycles. The third kappa shape index (κ3) is 4.72. The van der Waals surface area contributed by atoms with Crippen LogP contribution in [0, 0.1) is 11.3 Å². The zero-order valence-corrected chi connectivity index (χ0v) is 26.2. The predicted molar refractivity (Wildman–Crippen MR) is 172 cm³/mol. The van der Waals surface area contributed by atoms with Gasteiger partial charge in [-0.3, -0.25) is 9.69 Å². The number of nitrogens with zero attached hydrogens (tertiary/aromatic N) is 6. The number of piperazine rings is 1. The Kier molecular flexibility index (Phi) is 7.10. The minimum atomic E-state index is -1.01. The molecule has 1 aromatic carbocycles. The molecule has 9 nitrogen and oxygen atoms in total. The molecule has 5 aliphatic heterocycles. The van der Waals surface area contributed by atoms with Gasteiger partial charge in [0.25, 0.3) is 11.8 Å². The van der Waals surface area contributed by atoms with Gasteiger partial charge in [-0.1, -0.05) is 12.6 Å². The Labute approximate surface area is 266 Å². The summed E-state index contributed by atoms with van der Waals surface area (Å²) < 4.78 is 28.5. The second-order valence-electron chi connectivity index (χ2n) is 13.0. The number of anilines is 2. The molecule has 1 unspecified atom stereocenters. The number of benzene rings is 1. The van der Waals surface area contributed by atoms with E-state index in [0.717, 1.165) is 55.8 Å². The first-order valence-corrected chi connectivity index (χ1v) is 16.9. The molecule has 3 fully saturated rings. The molecule has 5 aliphatic rings. The van der Waals surface area contributed by atoms with Crippen LogP contribution in [0.3, 0.4) is 0 Å². The fourth-order valence-electron chi connectivity index (χ4n) is 8.40. The molecule has 11 heteroatoms. The van der Waals surface area contributed by atoms with Crippen molar-refractivity contribution >= 4 is 38.7 Å². The maximum absolute atomic E-state index is 14.0. The van der Waals surface area contributed by atoms with E-state index in [0.29, 0.717) is 37.9 Å². The Morgan fingerprint density at radius 2 is 2.07 bits per heavy atom. The summed E-state index contributed by atoms with van der Waals surface area (Å²) >= 11 is 1.75. The molecule has 0 saturated carbocycles. The first kappa shape index (κ1) is 28.6. The minimum Gasteiger partial charge on any atom is -0.484 e. The number of nitriles is 1. The highest BCUT2D eigenvalue weighted by Crippen LogP contribution is 2.48. The summed E-state index contributed by atoms with van der Waals surface area (Å²) in [6.45, 7) is 8.48. The van der Waals surface area contributed by atoms with E-state index in [-0.39, 0.29) is 24.5 Å². The van der Waals surface area contributed by atoms with Crippen molar-refractivity contribution in [3.05, 3.63) is 53.3 Å². The molecule has 2 aromatic heterocycles. The summed E-state index contributed by atoms with van der Waals surface area (Å²) in [5.74, 6) is -0.577. The quantitative estimate of drug-likeness (QED) is 0.351. The van der Waals surface area contributed by atoms with Crippen LogP contribution in [-0.2, 0) is 17.8 Å².